The second-order valence-corrected chi connectivity index (χ2v) is 5.71. The Labute approximate surface area is 140 Å². The van der Waals surface area contributed by atoms with Gasteiger partial charge in [-0.15, -0.1) is 0 Å². The van der Waals surface area contributed by atoms with E-state index in [2.05, 4.69) is 10.5 Å². The molecule has 23 heavy (non-hydrogen) atoms. The minimum atomic E-state index is -0.202. The highest BCUT2D eigenvalue weighted by molar-refractivity contribution is 6.30. The summed E-state index contributed by atoms with van der Waals surface area (Å²) in [5.41, 5.74) is 2.53. The fraction of sp³-hybridized carbons (Fsp3) is 0.375. The molecule has 1 N–H and O–H groups in total. The number of urea groups is 1. The van der Waals surface area contributed by atoms with Crippen LogP contribution in [0, 0.1) is 13.8 Å². The summed E-state index contributed by atoms with van der Waals surface area (Å²) in [4.78, 5) is 13.8. The van der Waals surface area contributed by atoms with E-state index in [1.165, 1.54) is 0 Å². The molecule has 0 saturated carbocycles. The van der Waals surface area contributed by atoms with Crippen LogP contribution in [-0.2, 0) is 13.1 Å². The van der Waals surface area contributed by atoms with Crippen molar-refractivity contribution >= 4 is 17.6 Å². The Bertz CT molecular complexity index is 680. The molecule has 0 saturated heterocycles. The Morgan fingerprint density at radius 2 is 2.17 bits per heavy atom. The summed E-state index contributed by atoms with van der Waals surface area (Å²) in [5.74, 6) is 1.40. The van der Waals surface area contributed by atoms with Crippen molar-refractivity contribution < 1.29 is 14.1 Å². The predicted octanol–water partition coefficient (Wildman–Crippen LogP) is 3.30. The number of hydrogen-bond acceptors (Lipinski definition) is 4. The van der Waals surface area contributed by atoms with Gasteiger partial charge in [0.1, 0.15) is 11.5 Å². The van der Waals surface area contributed by atoms with Crippen LogP contribution in [0.15, 0.2) is 22.7 Å². The van der Waals surface area contributed by atoms with Gasteiger partial charge in [0, 0.05) is 29.7 Å². The Morgan fingerprint density at radius 3 is 2.78 bits per heavy atom. The van der Waals surface area contributed by atoms with Crippen LogP contribution in [0.1, 0.15) is 22.6 Å². The third-order valence-electron chi connectivity index (χ3n) is 3.60. The molecule has 0 fully saturated rings. The van der Waals surface area contributed by atoms with Crippen LogP contribution >= 0.6 is 11.6 Å². The van der Waals surface area contributed by atoms with Crippen LogP contribution < -0.4 is 10.1 Å². The van der Waals surface area contributed by atoms with Crippen molar-refractivity contribution in [2.24, 2.45) is 0 Å². The number of nitrogens with one attached hydrogen (secondary N) is 1. The quantitative estimate of drug-likeness (QED) is 0.909. The van der Waals surface area contributed by atoms with Gasteiger partial charge >= 0.3 is 6.03 Å². The van der Waals surface area contributed by atoms with Gasteiger partial charge in [-0.1, -0.05) is 16.8 Å². The van der Waals surface area contributed by atoms with Crippen LogP contribution in [0.3, 0.4) is 0 Å². The molecule has 2 aromatic rings. The normalized spacial score (nSPS) is 10.5. The van der Waals surface area contributed by atoms with Gasteiger partial charge in [-0.2, -0.15) is 0 Å². The van der Waals surface area contributed by atoms with Crippen molar-refractivity contribution in [3.05, 3.63) is 45.8 Å². The molecule has 6 nitrogen and oxygen atoms in total. The molecule has 2 rings (SSSR count). The number of benzene rings is 1. The summed E-state index contributed by atoms with van der Waals surface area (Å²) in [5, 5.41) is 7.34. The van der Waals surface area contributed by atoms with Crippen LogP contribution in [0.4, 0.5) is 4.79 Å². The zero-order chi connectivity index (χ0) is 17.0. The maximum Gasteiger partial charge on any atom is 0.317 e. The highest BCUT2D eigenvalue weighted by Crippen LogP contribution is 2.22. The van der Waals surface area contributed by atoms with E-state index >= 15 is 0 Å². The first kappa shape index (κ1) is 17.1. The monoisotopic (exact) mass is 337 g/mol. The highest BCUT2D eigenvalue weighted by Gasteiger charge is 2.15. The second kappa shape index (κ2) is 7.37. The standard InChI is InChI=1S/C16H20ClN3O3/c1-10-14(11(2)23-19-10)9-20(3)16(21)18-8-12-7-13(17)5-6-15(12)22-4/h5-7H,8-9H2,1-4H3,(H,18,21). The summed E-state index contributed by atoms with van der Waals surface area (Å²) in [7, 11) is 3.30. The van der Waals surface area contributed by atoms with Crippen molar-refractivity contribution in [1.29, 1.82) is 0 Å². The van der Waals surface area contributed by atoms with E-state index in [9.17, 15) is 4.79 Å². The van der Waals surface area contributed by atoms with Gasteiger partial charge in [-0.25, -0.2) is 4.79 Å². The van der Waals surface area contributed by atoms with Gasteiger partial charge in [-0.3, -0.25) is 0 Å². The molecular weight excluding hydrogens is 318 g/mol. The number of amides is 2. The smallest absolute Gasteiger partial charge is 0.317 e. The van der Waals surface area contributed by atoms with Gasteiger partial charge in [0.05, 0.1) is 19.3 Å². The molecule has 0 unspecified atom stereocenters. The first-order valence-corrected chi connectivity index (χ1v) is 7.53. The summed E-state index contributed by atoms with van der Waals surface area (Å²) < 4.78 is 10.4. The fourth-order valence-corrected chi connectivity index (χ4v) is 2.42. The van der Waals surface area contributed by atoms with Crippen molar-refractivity contribution in [2.75, 3.05) is 14.2 Å². The lowest BCUT2D eigenvalue weighted by Gasteiger charge is -2.18. The minimum Gasteiger partial charge on any atom is -0.496 e. The number of carbonyl (C=O) groups is 1. The topological polar surface area (TPSA) is 67.6 Å². The molecule has 2 amide bonds. The maximum absolute atomic E-state index is 12.2. The minimum absolute atomic E-state index is 0.202. The molecule has 0 aliphatic carbocycles. The lowest BCUT2D eigenvalue weighted by molar-refractivity contribution is 0.206. The van der Waals surface area contributed by atoms with Crippen molar-refractivity contribution in [2.45, 2.75) is 26.9 Å². The van der Waals surface area contributed by atoms with E-state index in [1.807, 2.05) is 13.8 Å². The van der Waals surface area contributed by atoms with E-state index in [1.54, 1.807) is 37.3 Å². The van der Waals surface area contributed by atoms with E-state index in [-0.39, 0.29) is 6.03 Å². The molecule has 1 aromatic heterocycles. The Balaban J connectivity index is 1.98. The molecule has 0 spiro atoms. The van der Waals surface area contributed by atoms with E-state index in [4.69, 9.17) is 20.9 Å². The first-order valence-electron chi connectivity index (χ1n) is 7.15. The largest absolute Gasteiger partial charge is 0.496 e. The number of hydrogen-bond donors (Lipinski definition) is 1. The molecular formula is C16H20ClN3O3. The zero-order valence-electron chi connectivity index (χ0n) is 13.6. The molecule has 1 aromatic carbocycles. The van der Waals surface area contributed by atoms with Crippen molar-refractivity contribution in [3.8, 4) is 5.75 Å². The third kappa shape index (κ3) is 4.16. The van der Waals surface area contributed by atoms with E-state index in [0.717, 1.165) is 22.6 Å². The van der Waals surface area contributed by atoms with Crippen LogP contribution in [0.2, 0.25) is 5.02 Å². The summed E-state index contributed by atoms with van der Waals surface area (Å²) in [6.45, 7) is 4.44. The van der Waals surface area contributed by atoms with Crippen molar-refractivity contribution in [3.63, 3.8) is 0 Å². The SMILES string of the molecule is COc1ccc(Cl)cc1CNC(=O)N(C)Cc1c(C)noc1C. The number of aryl methyl sites for hydroxylation is 2. The average Bonchev–Trinajstić information content (AvgIpc) is 2.84. The lowest BCUT2D eigenvalue weighted by Crippen LogP contribution is -2.36. The van der Waals surface area contributed by atoms with Gasteiger partial charge in [-0.05, 0) is 32.0 Å². The van der Waals surface area contributed by atoms with Crippen LogP contribution in [-0.4, -0.2) is 30.2 Å². The molecule has 0 atom stereocenters. The maximum atomic E-state index is 12.2. The molecule has 1 heterocycles. The fourth-order valence-electron chi connectivity index (χ4n) is 2.23. The molecule has 0 aliphatic heterocycles. The predicted molar refractivity (Wildman–Crippen MR) is 87.7 cm³/mol. The number of carbonyl (C=O) groups excluding carboxylic acids is 1. The van der Waals surface area contributed by atoms with Gasteiger partial charge in [0.15, 0.2) is 0 Å². The summed E-state index contributed by atoms with van der Waals surface area (Å²) in [6.07, 6.45) is 0. The number of rotatable bonds is 5. The van der Waals surface area contributed by atoms with Crippen LogP contribution in [0.25, 0.3) is 0 Å². The average molecular weight is 338 g/mol. The number of nitrogens with zero attached hydrogens (tertiary/aromatic N) is 2. The second-order valence-electron chi connectivity index (χ2n) is 5.27. The highest BCUT2D eigenvalue weighted by atomic mass is 35.5. The van der Waals surface area contributed by atoms with Gasteiger partial charge < -0.3 is 19.5 Å². The number of methoxy groups -OCH3 is 1. The first-order chi connectivity index (χ1) is 10.9. The Morgan fingerprint density at radius 1 is 1.43 bits per heavy atom. The molecule has 0 radical (unpaired) electrons. The zero-order valence-corrected chi connectivity index (χ0v) is 14.4. The Hall–Kier alpha value is -2.21. The summed E-state index contributed by atoms with van der Waals surface area (Å²) >= 11 is 5.99. The number of halogens is 1. The van der Waals surface area contributed by atoms with E-state index in [0.29, 0.717) is 23.9 Å². The molecule has 124 valence electrons. The summed E-state index contributed by atoms with van der Waals surface area (Å²) in [6, 6.07) is 5.09. The number of aromatic nitrogens is 1. The molecule has 7 heteroatoms. The van der Waals surface area contributed by atoms with Gasteiger partial charge in [0.25, 0.3) is 0 Å². The van der Waals surface area contributed by atoms with E-state index < -0.39 is 0 Å². The molecule has 0 bridgehead atoms. The Kier molecular flexibility index (Phi) is 5.50. The molecule has 0 aliphatic rings. The number of ether oxygens (including phenoxy) is 1. The van der Waals surface area contributed by atoms with Gasteiger partial charge in [0.2, 0.25) is 0 Å². The lowest BCUT2D eigenvalue weighted by atomic mass is 10.2. The van der Waals surface area contributed by atoms with Crippen LogP contribution in [0.5, 0.6) is 5.75 Å². The third-order valence-corrected chi connectivity index (χ3v) is 3.83. The van der Waals surface area contributed by atoms with Crippen molar-refractivity contribution in [1.82, 2.24) is 15.4 Å².